The second-order valence-electron chi connectivity index (χ2n) is 4.42. The molecule has 0 N–H and O–H groups in total. The molecule has 0 fully saturated rings. The topological polar surface area (TPSA) is 0 Å². The smallest absolute Gasteiger partial charge is 0.0130 e. The Bertz CT molecular complexity index is 361. The summed E-state index contributed by atoms with van der Waals surface area (Å²) in [6.07, 6.45) is 4.94. The molecule has 0 amide bonds. The largest absolute Gasteiger partial charge is 0.0764 e. The molecule has 0 saturated carbocycles. The van der Waals surface area contributed by atoms with E-state index in [9.17, 15) is 0 Å². The third-order valence-corrected chi connectivity index (χ3v) is 3.83. The molecule has 0 spiro atoms. The first kappa shape index (κ1) is 10.2. The summed E-state index contributed by atoms with van der Waals surface area (Å²) in [6.45, 7) is 4.57. The van der Waals surface area contributed by atoms with Gasteiger partial charge < -0.3 is 0 Å². The van der Waals surface area contributed by atoms with Gasteiger partial charge in [0.05, 0.1) is 0 Å². The molecule has 0 radical (unpaired) electrons. The Morgan fingerprint density at radius 3 is 2.36 bits per heavy atom. The minimum absolute atomic E-state index is 0.286. The fraction of sp³-hybridized carbons (Fsp3) is 0.385. The molecule has 0 aromatic heterocycles. The molecule has 74 valence electrons. The summed E-state index contributed by atoms with van der Waals surface area (Å²) in [5.41, 5.74) is 3.27. The van der Waals surface area contributed by atoms with Gasteiger partial charge in [0.25, 0.3) is 0 Å². The minimum Gasteiger partial charge on any atom is -0.0764 e. The predicted molar refractivity (Wildman–Crippen MR) is 69.5 cm³/mol. The van der Waals surface area contributed by atoms with Crippen LogP contribution >= 0.6 is 22.6 Å². The number of benzene rings is 1. The Balaban J connectivity index is 2.35. The van der Waals surface area contributed by atoms with Gasteiger partial charge in [-0.3, -0.25) is 0 Å². The van der Waals surface area contributed by atoms with Gasteiger partial charge in [0.1, 0.15) is 0 Å². The van der Waals surface area contributed by atoms with Crippen LogP contribution in [0, 0.1) is 3.57 Å². The van der Waals surface area contributed by atoms with Gasteiger partial charge in [-0.25, -0.2) is 0 Å². The first-order valence-corrected chi connectivity index (χ1v) is 6.12. The average Bonchev–Trinajstić information content (AvgIpc) is 2.48. The maximum Gasteiger partial charge on any atom is 0.0130 e. The van der Waals surface area contributed by atoms with Crippen LogP contribution in [0.4, 0.5) is 0 Å². The van der Waals surface area contributed by atoms with E-state index in [1.54, 1.807) is 0 Å². The highest BCUT2D eigenvalue weighted by atomic mass is 127. The molecule has 1 aliphatic carbocycles. The molecule has 0 nitrogen and oxygen atoms in total. The van der Waals surface area contributed by atoms with Crippen molar-refractivity contribution in [2.45, 2.75) is 32.1 Å². The van der Waals surface area contributed by atoms with Crippen LogP contribution in [0.1, 0.15) is 32.3 Å². The zero-order chi connectivity index (χ0) is 10.2. The van der Waals surface area contributed by atoms with Gasteiger partial charge in [0.2, 0.25) is 0 Å². The molecule has 1 aliphatic rings. The van der Waals surface area contributed by atoms with Crippen LogP contribution in [0.2, 0.25) is 0 Å². The predicted octanol–water partition coefficient (Wildman–Crippen LogP) is 4.29. The second-order valence-corrected chi connectivity index (χ2v) is 5.66. The lowest BCUT2D eigenvalue weighted by molar-refractivity contribution is 0.578. The van der Waals surface area contributed by atoms with Crippen LogP contribution in [0.25, 0.3) is 0 Å². The van der Waals surface area contributed by atoms with Crippen LogP contribution in [-0.2, 0) is 5.41 Å². The summed E-state index contributed by atoms with van der Waals surface area (Å²) in [5.74, 6) is 0. The Morgan fingerprint density at radius 1 is 1.21 bits per heavy atom. The summed E-state index contributed by atoms with van der Waals surface area (Å²) in [7, 11) is 0. The van der Waals surface area contributed by atoms with E-state index in [-0.39, 0.29) is 5.41 Å². The molecule has 2 rings (SSSR count). The molecule has 1 atom stereocenters. The maximum absolute atomic E-state index is 2.43. The van der Waals surface area contributed by atoms with Crippen molar-refractivity contribution in [2.75, 3.05) is 0 Å². The molecule has 0 unspecified atom stereocenters. The molecule has 0 bridgehead atoms. The SMILES string of the molecule is CC1=C[C@](C)(c2ccc(I)cc2)CC1. The van der Waals surface area contributed by atoms with E-state index >= 15 is 0 Å². The molecule has 1 aromatic rings. The molecule has 0 heterocycles. The highest BCUT2D eigenvalue weighted by Crippen LogP contribution is 2.38. The van der Waals surface area contributed by atoms with E-state index in [1.807, 2.05) is 0 Å². The zero-order valence-electron chi connectivity index (χ0n) is 8.68. The van der Waals surface area contributed by atoms with Crippen molar-refractivity contribution >= 4 is 22.6 Å². The normalized spacial score (nSPS) is 26.4. The van der Waals surface area contributed by atoms with Crippen LogP contribution < -0.4 is 0 Å². The molecule has 14 heavy (non-hydrogen) atoms. The van der Waals surface area contributed by atoms with Crippen LogP contribution in [0.5, 0.6) is 0 Å². The average molecular weight is 298 g/mol. The van der Waals surface area contributed by atoms with Crippen LogP contribution in [0.15, 0.2) is 35.9 Å². The summed E-state index contributed by atoms with van der Waals surface area (Å²) >= 11 is 2.35. The lowest BCUT2D eigenvalue weighted by Crippen LogP contribution is -2.15. The van der Waals surface area contributed by atoms with Crippen molar-refractivity contribution in [1.29, 1.82) is 0 Å². The highest BCUT2D eigenvalue weighted by Gasteiger charge is 2.28. The summed E-state index contributed by atoms with van der Waals surface area (Å²) < 4.78 is 1.31. The van der Waals surface area contributed by atoms with E-state index < -0.39 is 0 Å². The van der Waals surface area contributed by atoms with Crippen molar-refractivity contribution in [2.24, 2.45) is 0 Å². The number of rotatable bonds is 1. The van der Waals surface area contributed by atoms with Gasteiger partial charge in [-0.05, 0) is 60.1 Å². The first-order chi connectivity index (χ1) is 6.60. The van der Waals surface area contributed by atoms with Gasteiger partial charge >= 0.3 is 0 Å². The van der Waals surface area contributed by atoms with E-state index in [1.165, 1.54) is 27.5 Å². The zero-order valence-corrected chi connectivity index (χ0v) is 10.8. The second kappa shape index (κ2) is 3.69. The van der Waals surface area contributed by atoms with Gasteiger partial charge in [-0.1, -0.05) is 30.7 Å². The lowest BCUT2D eigenvalue weighted by Gasteiger charge is -2.22. The van der Waals surface area contributed by atoms with E-state index in [0.29, 0.717) is 0 Å². The number of halogens is 1. The summed E-state index contributed by atoms with van der Waals surface area (Å²) in [6, 6.07) is 8.92. The fourth-order valence-corrected chi connectivity index (χ4v) is 2.56. The molecule has 1 aromatic carbocycles. The number of hydrogen-bond donors (Lipinski definition) is 0. The van der Waals surface area contributed by atoms with Crippen molar-refractivity contribution in [3.63, 3.8) is 0 Å². The molecular formula is C13H15I. The molecule has 0 saturated heterocycles. The van der Waals surface area contributed by atoms with Gasteiger partial charge in [-0.2, -0.15) is 0 Å². The van der Waals surface area contributed by atoms with E-state index in [2.05, 4.69) is 66.8 Å². The quantitative estimate of drug-likeness (QED) is 0.536. The van der Waals surface area contributed by atoms with Crippen molar-refractivity contribution in [3.8, 4) is 0 Å². The third-order valence-electron chi connectivity index (χ3n) is 3.11. The minimum atomic E-state index is 0.286. The monoisotopic (exact) mass is 298 g/mol. The fourth-order valence-electron chi connectivity index (χ4n) is 2.20. The Kier molecular flexibility index (Phi) is 2.69. The van der Waals surface area contributed by atoms with Crippen LogP contribution in [0.3, 0.4) is 0 Å². The summed E-state index contributed by atoms with van der Waals surface area (Å²) in [4.78, 5) is 0. The Hall–Kier alpha value is -0.310. The van der Waals surface area contributed by atoms with Crippen molar-refractivity contribution < 1.29 is 0 Å². The van der Waals surface area contributed by atoms with Gasteiger partial charge in [0.15, 0.2) is 0 Å². The standard InChI is InChI=1S/C13H15I/c1-10-7-8-13(2,9-10)11-3-5-12(14)6-4-11/h3-6,9H,7-8H2,1-2H3/t13-/m1/s1. The first-order valence-electron chi connectivity index (χ1n) is 5.04. The third kappa shape index (κ3) is 1.88. The Labute approximate surface area is 99.6 Å². The lowest BCUT2D eigenvalue weighted by atomic mass is 9.82. The summed E-state index contributed by atoms with van der Waals surface area (Å²) in [5, 5.41) is 0. The molecular weight excluding hydrogens is 283 g/mol. The highest BCUT2D eigenvalue weighted by molar-refractivity contribution is 14.1. The van der Waals surface area contributed by atoms with Gasteiger partial charge in [-0.15, -0.1) is 0 Å². The van der Waals surface area contributed by atoms with E-state index in [4.69, 9.17) is 0 Å². The molecule has 1 heteroatoms. The van der Waals surface area contributed by atoms with Crippen molar-refractivity contribution in [3.05, 3.63) is 45.0 Å². The van der Waals surface area contributed by atoms with E-state index in [0.717, 1.165) is 0 Å². The van der Waals surface area contributed by atoms with Gasteiger partial charge in [0, 0.05) is 8.99 Å². The Morgan fingerprint density at radius 2 is 1.86 bits per heavy atom. The molecule has 0 aliphatic heterocycles. The maximum atomic E-state index is 2.43. The number of allylic oxidation sites excluding steroid dienone is 2. The number of hydrogen-bond acceptors (Lipinski definition) is 0. The van der Waals surface area contributed by atoms with Crippen LogP contribution in [-0.4, -0.2) is 0 Å². The van der Waals surface area contributed by atoms with Crippen molar-refractivity contribution in [1.82, 2.24) is 0 Å².